The van der Waals surface area contributed by atoms with E-state index >= 15 is 0 Å². The highest BCUT2D eigenvalue weighted by Crippen LogP contribution is 2.37. The largest absolute Gasteiger partial charge is 0.416 e. The van der Waals surface area contributed by atoms with Gasteiger partial charge in [0.25, 0.3) is 5.91 Å². The van der Waals surface area contributed by atoms with E-state index in [4.69, 9.17) is 5.26 Å². The predicted molar refractivity (Wildman–Crippen MR) is 88.0 cm³/mol. The van der Waals surface area contributed by atoms with E-state index in [1.165, 1.54) is 6.07 Å². The summed E-state index contributed by atoms with van der Waals surface area (Å²) >= 11 is 0.989. The zero-order valence-electron chi connectivity index (χ0n) is 13.9. The molecule has 1 amide bonds. The van der Waals surface area contributed by atoms with Gasteiger partial charge in [-0.3, -0.25) is 10.1 Å². The molecule has 0 saturated carbocycles. The summed E-state index contributed by atoms with van der Waals surface area (Å²) in [7, 11) is 0. The fourth-order valence-electron chi connectivity index (χ4n) is 2.03. The highest BCUT2D eigenvalue weighted by molar-refractivity contribution is 7.15. The molecule has 0 aliphatic carbocycles. The molecular weight excluding hydrogens is 410 g/mol. The van der Waals surface area contributed by atoms with E-state index in [2.05, 4.69) is 15.5 Å². The van der Waals surface area contributed by atoms with Crippen molar-refractivity contribution in [3.05, 3.63) is 45.5 Å². The molecule has 0 aliphatic heterocycles. The smallest absolute Gasteiger partial charge is 0.296 e. The summed E-state index contributed by atoms with van der Waals surface area (Å²) in [6.07, 6.45) is -8.91. The Morgan fingerprint density at radius 3 is 2.39 bits per heavy atom. The quantitative estimate of drug-likeness (QED) is 0.443. The molecule has 0 aliphatic rings. The van der Waals surface area contributed by atoms with Crippen LogP contribution in [0.2, 0.25) is 0 Å². The first kappa shape index (κ1) is 21.4. The fraction of sp³-hybridized carbons (Fsp3) is 0.250. The molecule has 0 saturated heterocycles. The van der Waals surface area contributed by atoms with Gasteiger partial charge in [0.2, 0.25) is 5.13 Å². The monoisotopic (exact) mass is 420 g/mol. The van der Waals surface area contributed by atoms with Crippen LogP contribution >= 0.6 is 11.3 Å². The Labute approximate surface area is 158 Å². The molecule has 2 aromatic rings. The number of rotatable bonds is 4. The number of hydrogen-bond acceptors (Lipinski definition) is 5. The van der Waals surface area contributed by atoms with Crippen LogP contribution in [0.25, 0.3) is 6.08 Å². The average Bonchev–Trinajstić information content (AvgIpc) is 3.05. The van der Waals surface area contributed by atoms with Gasteiger partial charge in [0, 0.05) is 0 Å². The van der Waals surface area contributed by atoms with Gasteiger partial charge in [-0.25, -0.2) is 0 Å². The van der Waals surface area contributed by atoms with Crippen molar-refractivity contribution < 1.29 is 31.1 Å². The Kier molecular flexibility index (Phi) is 6.08. The number of nitrogens with zero attached hydrogens (tertiary/aromatic N) is 3. The summed E-state index contributed by atoms with van der Waals surface area (Å²) in [5.41, 5.74) is -4.54. The first-order valence-electron chi connectivity index (χ1n) is 7.49. The van der Waals surface area contributed by atoms with Crippen LogP contribution in [-0.4, -0.2) is 16.1 Å². The van der Waals surface area contributed by atoms with E-state index in [0.29, 0.717) is 17.5 Å². The number of alkyl halides is 6. The number of nitriles is 1. The number of anilines is 1. The topological polar surface area (TPSA) is 78.7 Å². The van der Waals surface area contributed by atoms with E-state index in [1.54, 1.807) is 6.92 Å². The van der Waals surface area contributed by atoms with Gasteiger partial charge in [-0.05, 0) is 36.3 Å². The second-order valence-electron chi connectivity index (χ2n) is 5.28. The highest BCUT2D eigenvalue weighted by atomic mass is 32.1. The van der Waals surface area contributed by atoms with Gasteiger partial charge in [-0.15, -0.1) is 10.2 Å². The summed E-state index contributed by atoms with van der Waals surface area (Å²) in [6, 6.07) is 2.14. The lowest BCUT2D eigenvalue weighted by Crippen LogP contribution is -2.15. The van der Waals surface area contributed by atoms with Crippen molar-refractivity contribution in [2.24, 2.45) is 0 Å². The Morgan fingerprint density at radius 1 is 1.21 bits per heavy atom. The van der Waals surface area contributed by atoms with Crippen LogP contribution in [-0.2, 0) is 23.6 Å². The van der Waals surface area contributed by atoms with Crippen LogP contribution in [0.1, 0.15) is 28.6 Å². The molecule has 28 heavy (non-hydrogen) atoms. The summed E-state index contributed by atoms with van der Waals surface area (Å²) < 4.78 is 77.8. The number of carbonyl (C=O) groups excluding carboxylic acids is 1. The zero-order valence-corrected chi connectivity index (χ0v) is 14.8. The van der Waals surface area contributed by atoms with Crippen LogP contribution in [0, 0.1) is 11.3 Å². The second kappa shape index (κ2) is 7.97. The number of benzene rings is 1. The van der Waals surface area contributed by atoms with Crippen LogP contribution in [0.3, 0.4) is 0 Å². The Bertz CT molecular complexity index is 955. The second-order valence-corrected chi connectivity index (χ2v) is 6.34. The lowest BCUT2D eigenvalue weighted by atomic mass is 10.0. The third kappa shape index (κ3) is 5.07. The van der Waals surface area contributed by atoms with Crippen molar-refractivity contribution in [3.8, 4) is 6.07 Å². The molecule has 1 N–H and O–H groups in total. The third-order valence-corrected chi connectivity index (χ3v) is 4.32. The van der Waals surface area contributed by atoms with Crippen LogP contribution in [0.15, 0.2) is 23.8 Å². The van der Waals surface area contributed by atoms with Crippen LogP contribution in [0.4, 0.5) is 31.5 Å². The molecule has 0 atom stereocenters. The van der Waals surface area contributed by atoms with Crippen LogP contribution < -0.4 is 5.32 Å². The number of carbonyl (C=O) groups is 1. The third-order valence-electron chi connectivity index (χ3n) is 3.34. The summed E-state index contributed by atoms with van der Waals surface area (Å²) in [5, 5.41) is 19.2. The number of aryl methyl sites for hydroxylation is 1. The minimum atomic E-state index is -4.98. The molecule has 2 rings (SSSR count). The van der Waals surface area contributed by atoms with Gasteiger partial charge >= 0.3 is 12.4 Å². The molecule has 0 fully saturated rings. The standard InChI is InChI=1S/C16H10F6N4OS/c1-2-12-25-26-14(28-12)24-13(27)9(7-23)5-8-6-10(15(17,18)19)3-4-11(8)16(20,21)22/h3-6H,2H2,1H3,(H,24,26,27)/b9-5+. The van der Waals surface area contributed by atoms with Gasteiger partial charge in [0.05, 0.1) is 11.1 Å². The maximum Gasteiger partial charge on any atom is 0.416 e. The summed E-state index contributed by atoms with van der Waals surface area (Å²) in [6.45, 7) is 1.78. The van der Waals surface area contributed by atoms with Gasteiger partial charge in [0.15, 0.2) is 0 Å². The predicted octanol–water partition coefficient (Wildman–Crippen LogP) is 4.68. The number of hydrogen-bond donors (Lipinski definition) is 1. The fourth-order valence-corrected chi connectivity index (χ4v) is 2.71. The van der Waals surface area contributed by atoms with Crippen molar-refractivity contribution in [2.75, 3.05) is 5.32 Å². The minimum Gasteiger partial charge on any atom is -0.296 e. The van der Waals surface area contributed by atoms with Crippen molar-refractivity contribution in [1.82, 2.24) is 10.2 Å². The lowest BCUT2D eigenvalue weighted by Gasteiger charge is -2.14. The molecule has 1 aromatic heterocycles. The van der Waals surface area contributed by atoms with Crippen molar-refractivity contribution in [1.29, 1.82) is 5.26 Å². The normalized spacial score (nSPS) is 12.6. The average molecular weight is 420 g/mol. The van der Waals surface area contributed by atoms with Gasteiger partial charge < -0.3 is 0 Å². The van der Waals surface area contributed by atoms with Gasteiger partial charge in [-0.1, -0.05) is 18.3 Å². The van der Waals surface area contributed by atoms with Crippen molar-refractivity contribution in [3.63, 3.8) is 0 Å². The first-order chi connectivity index (χ1) is 13.0. The first-order valence-corrected chi connectivity index (χ1v) is 8.31. The van der Waals surface area contributed by atoms with E-state index in [-0.39, 0.29) is 23.3 Å². The molecule has 0 spiro atoms. The van der Waals surface area contributed by atoms with Crippen molar-refractivity contribution >= 4 is 28.5 Å². The summed E-state index contributed by atoms with van der Waals surface area (Å²) in [4.78, 5) is 12.1. The zero-order chi connectivity index (χ0) is 21.1. The van der Waals surface area contributed by atoms with E-state index in [0.717, 1.165) is 11.3 Å². The Morgan fingerprint density at radius 2 is 1.89 bits per heavy atom. The molecule has 12 heteroatoms. The molecule has 148 valence electrons. The lowest BCUT2D eigenvalue weighted by molar-refractivity contribution is -0.141. The van der Waals surface area contributed by atoms with E-state index in [9.17, 15) is 31.1 Å². The number of halogens is 6. The maximum atomic E-state index is 13.1. The van der Waals surface area contributed by atoms with Crippen molar-refractivity contribution in [2.45, 2.75) is 25.7 Å². The Hall–Kier alpha value is -2.94. The van der Waals surface area contributed by atoms with E-state index in [1.807, 2.05) is 0 Å². The SMILES string of the molecule is CCc1nnc(NC(=O)/C(C#N)=C/c2cc(C(F)(F)F)ccc2C(F)(F)F)s1. The molecule has 5 nitrogen and oxygen atoms in total. The maximum absolute atomic E-state index is 13.1. The molecule has 1 aromatic carbocycles. The van der Waals surface area contributed by atoms with Gasteiger partial charge in [0.1, 0.15) is 16.6 Å². The number of nitrogens with one attached hydrogen (secondary N) is 1. The molecule has 0 bridgehead atoms. The molecule has 0 unspecified atom stereocenters. The highest BCUT2D eigenvalue weighted by Gasteiger charge is 2.36. The van der Waals surface area contributed by atoms with E-state index < -0.39 is 40.5 Å². The minimum absolute atomic E-state index is 0.00286. The molecular formula is C16H10F6N4OS. The van der Waals surface area contributed by atoms with Gasteiger partial charge in [-0.2, -0.15) is 31.6 Å². The molecule has 1 heterocycles. The van der Waals surface area contributed by atoms with Crippen LogP contribution in [0.5, 0.6) is 0 Å². The Balaban J connectivity index is 2.46. The summed E-state index contributed by atoms with van der Waals surface area (Å²) in [5.74, 6) is -1.12. The molecule has 0 radical (unpaired) electrons. The number of aromatic nitrogens is 2. The number of amides is 1.